The van der Waals surface area contributed by atoms with Gasteiger partial charge in [-0.15, -0.1) is 0 Å². The van der Waals surface area contributed by atoms with E-state index in [1.165, 1.54) is 18.2 Å². The summed E-state index contributed by atoms with van der Waals surface area (Å²) in [6.07, 6.45) is 0. The Morgan fingerprint density at radius 3 is 2.82 bits per heavy atom. The summed E-state index contributed by atoms with van der Waals surface area (Å²) in [5.74, 6) is 0.00509. The van der Waals surface area contributed by atoms with E-state index in [9.17, 15) is 9.18 Å². The zero-order valence-corrected chi connectivity index (χ0v) is 19.0. The average Bonchev–Trinajstić information content (AvgIpc) is 3.19. The second kappa shape index (κ2) is 10.8. The van der Waals surface area contributed by atoms with Crippen molar-refractivity contribution in [3.8, 4) is 17.0 Å². The normalized spacial score (nSPS) is 14.3. The SMILES string of the molecule is Cc1onc(-c2c(F)cccc2Cl)c1C(=O)NCc1cccc(OCCN2CCOCC2)c1. The lowest BCUT2D eigenvalue weighted by molar-refractivity contribution is 0.0322. The molecule has 33 heavy (non-hydrogen) atoms. The van der Waals surface area contributed by atoms with Crippen molar-refractivity contribution in [3.05, 3.63) is 70.2 Å². The Hall–Kier alpha value is -2.94. The highest BCUT2D eigenvalue weighted by atomic mass is 35.5. The van der Waals surface area contributed by atoms with Crippen LogP contribution < -0.4 is 10.1 Å². The molecule has 1 aliphatic rings. The van der Waals surface area contributed by atoms with Crippen LogP contribution in [0.15, 0.2) is 47.0 Å². The van der Waals surface area contributed by atoms with E-state index in [0.717, 1.165) is 44.2 Å². The lowest BCUT2D eigenvalue weighted by Gasteiger charge is -2.26. The smallest absolute Gasteiger partial charge is 0.257 e. The van der Waals surface area contributed by atoms with Gasteiger partial charge in [-0.3, -0.25) is 9.69 Å². The van der Waals surface area contributed by atoms with E-state index in [1.54, 1.807) is 6.92 Å². The zero-order chi connectivity index (χ0) is 23.2. The van der Waals surface area contributed by atoms with Gasteiger partial charge in [0.2, 0.25) is 0 Å². The largest absolute Gasteiger partial charge is 0.492 e. The summed E-state index contributed by atoms with van der Waals surface area (Å²) in [6, 6.07) is 11.8. The zero-order valence-electron chi connectivity index (χ0n) is 18.3. The Kier molecular flexibility index (Phi) is 7.59. The third-order valence-corrected chi connectivity index (χ3v) is 5.74. The number of hydrogen-bond donors (Lipinski definition) is 1. The molecule has 0 spiro atoms. The molecule has 2 heterocycles. The van der Waals surface area contributed by atoms with Gasteiger partial charge in [-0.05, 0) is 36.8 Å². The van der Waals surface area contributed by atoms with Crippen molar-refractivity contribution in [1.29, 1.82) is 0 Å². The van der Waals surface area contributed by atoms with Crippen molar-refractivity contribution in [2.45, 2.75) is 13.5 Å². The summed E-state index contributed by atoms with van der Waals surface area (Å²) in [5, 5.41) is 6.87. The van der Waals surface area contributed by atoms with Gasteiger partial charge in [-0.25, -0.2) is 4.39 Å². The number of ether oxygens (including phenoxy) is 2. The van der Waals surface area contributed by atoms with Crippen molar-refractivity contribution in [2.24, 2.45) is 0 Å². The molecule has 0 aliphatic carbocycles. The van der Waals surface area contributed by atoms with E-state index in [0.29, 0.717) is 6.61 Å². The Balaban J connectivity index is 1.39. The molecule has 1 fully saturated rings. The third kappa shape index (κ3) is 5.71. The number of nitrogens with zero attached hydrogens (tertiary/aromatic N) is 2. The molecule has 3 aromatic rings. The van der Waals surface area contributed by atoms with Gasteiger partial charge < -0.3 is 19.3 Å². The van der Waals surface area contributed by atoms with E-state index < -0.39 is 11.7 Å². The number of nitrogens with one attached hydrogen (secondary N) is 1. The van der Waals surface area contributed by atoms with Crippen LogP contribution in [0.2, 0.25) is 5.02 Å². The van der Waals surface area contributed by atoms with Gasteiger partial charge in [0.15, 0.2) is 0 Å². The predicted molar refractivity (Wildman–Crippen MR) is 122 cm³/mol. The summed E-state index contributed by atoms with van der Waals surface area (Å²) in [6.45, 7) is 6.60. The maximum absolute atomic E-state index is 14.4. The summed E-state index contributed by atoms with van der Waals surface area (Å²) >= 11 is 6.16. The van der Waals surface area contributed by atoms with E-state index in [1.807, 2.05) is 24.3 Å². The van der Waals surface area contributed by atoms with Gasteiger partial charge >= 0.3 is 0 Å². The van der Waals surface area contributed by atoms with Crippen molar-refractivity contribution in [1.82, 2.24) is 15.4 Å². The fraction of sp³-hybridized carbons (Fsp3) is 0.333. The molecule has 2 aromatic carbocycles. The Bertz CT molecular complexity index is 1090. The maximum atomic E-state index is 14.4. The summed E-state index contributed by atoms with van der Waals surface area (Å²) in [5.41, 5.74) is 1.14. The van der Waals surface area contributed by atoms with Gasteiger partial charge in [-0.1, -0.05) is 35.0 Å². The first kappa shape index (κ1) is 23.2. The van der Waals surface area contributed by atoms with Gasteiger partial charge in [0, 0.05) is 26.2 Å². The molecule has 174 valence electrons. The Morgan fingerprint density at radius 2 is 2.03 bits per heavy atom. The fourth-order valence-electron chi connectivity index (χ4n) is 3.67. The lowest BCUT2D eigenvalue weighted by atomic mass is 10.0. The van der Waals surface area contributed by atoms with Gasteiger partial charge in [-0.2, -0.15) is 0 Å². The molecule has 1 saturated heterocycles. The first-order chi connectivity index (χ1) is 16.0. The molecule has 0 saturated carbocycles. The predicted octanol–water partition coefficient (Wildman–Crippen LogP) is 4.08. The number of rotatable bonds is 8. The molecule has 0 radical (unpaired) electrons. The van der Waals surface area contributed by atoms with Crippen LogP contribution in [0.4, 0.5) is 4.39 Å². The van der Waals surface area contributed by atoms with Gasteiger partial charge in [0.05, 0.1) is 23.8 Å². The van der Waals surface area contributed by atoms with Crippen LogP contribution in [0.5, 0.6) is 5.75 Å². The number of carbonyl (C=O) groups excluding carboxylic acids is 1. The Morgan fingerprint density at radius 1 is 1.24 bits per heavy atom. The fourth-order valence-corrected chi connectivity index (χ4v) is 3.92. The molecule has 1 aliphatic heterocycles. The molecule has 4 rings (SSSR count). The Labute approximate surface area is 196 Å². The van der Waals surface area contributed by atoms with Crippen molar-refractivity contribution in [3.63, 3.8) is 0 Å². The highest BCUT2D eigenvalue weighted by Gasteiger charge is 2.25. The molecule has 1 N–H and O–H groups in total. The number of amides is 1. The van der Waals surface area contributed by atoms with Crippen LogP contribution in [0.3, 0.4) is 0 Å². The first-order valence-corrected chi connectivity index (χ1v) is 11.1. The van der Waals surface area contributed by atoms with Crippen LogP contribution in [-0.2, 0) is 11.3 Å². The second-order valence-corrected chi connectivity index (χ2v) is 8.10. The van der Waals surface area contributed by atoms with Crippen molar-refractivity contribution >= 4 is 17.5 Å². The summed E-state index contributed by atoms with van der Waals surface area (Å²) in [7, 11) is 0. The van der Waals surface area contributed by atoms with Crippen LogP contribution in [-0.4, -0.2) is 55.4 Å². The number of benzene rings is 2. The van der Waals surface area contributed by atoms with Crippen LogP contribution in [0, 0.1) is 12.7 Å². The highest BCUT2D eigenvalue weighted by Crippen LogP contribution is 2.33. The minimum Gasteiger partial charge on any atom is -0.492 e. The molecule has 0 unspecified atom stereocenters. The molecular formula is C24H25ClFN3O4. The number of aryl methyl sites for hydroxylation is 1. The molecule has 1 aromatic heterocycles. The minimum absolute atomic E-state index is 0.0387. The van der Waals surface area contributed by atoms with E-state index in [-0.39, 0.29) is 34.1 Å². The molecule has 9 heteroatoms. The lowest BCUT2D eigenvalue weighted by Crippen LogP contribution is -2.38. The van der Waals surface area contributed by atoms with Gasteiger partial charge in [0.1, 0.15) is 35.2 Å². The number of hydrogen-bond acceptors (Lipinski definition) is 6. The highest BCUT2D eigenvalue weighted by molar-refractivity contribution is 6.33. The van der Waals surface area contributed by atoms with Crippen molar-refractivity contribution < 1.29 is 23.2 Å². The van der Waals surface area contributed by atoms with Crippen LogP contribution >= 0.6 is 11.6 Å². The molecule has 1 amide bonds. The number of aromatic nitrogens is 1. The van der Waals surface area contributed by atoms with E-state index in [4.69, 9.17) is 25.6 Å². The third-order valence-electron chi connectivity index (χ3n) is 5.42. The molecular weight excluding hydrogens is 449 g/mol. The van der Waals surface area contributed by atoms with E-state index in [2.05, 4.69) is 15.4 Å². The van der Waals surface area contributed by atoms with E-state index >= 15 is 0 Å². The molecule has 0 atom stereocenters. The van der Waals surface area contributed by atoms with Crippen molar-refractivity contribution in [2.75, 3.05) is 39.5 Å². The maximum Gasteiger partial charge on any atom is 0.257 e. The monoisotopic (exact) mass is 473 g/mol. The quantitative estimate of drug-likeness (QED) is 0.531. The van der Waals surface area contributed by atoms with Crippen LogP contribution in [0.25, 0.3) is 11.3 Å². The first-order valence-electron chi connectivity index (χ1n) is 10.7. The van der Waals surface area contributed by atoms with Gasteiger partial charge in [0.25, 0.3) is 5.91 Å². The summed E-state index contributed by atoms with van der Waals surface area (Å²) < 4.78 is 30.8. The summed E-state index contributed by atoms with van der Waals surface area (Å²) in [4.78, 5) is 15.2. The average molecular weight is 474 g/mol. The number of halogens is 2. The number of carbonyl (C=O) groups is 1. The molecule has 7 nitrogen and oxygen atoms in total. The second-order valence-electron chi connectivity index (χ2n) is 7.69. The molecule has 0 bridgehead atoms. The topological polar surface area (TPSA) is 76.8 Å². The number of morpholine rings is 1. The minimum atomic E-state index is -0.577. The van der Waals surface area contributed by atoms with Crippen LogP contribution in [0.1, 0.15) is 21.7 Å². The standard InChI is InChI=1S/C24H25ClFN3O4/c1-16-21(23(28-33-16)22-19(25)6-3-7-20(22)26)24(30)27-15-17-4-2-5-18(14-17)32-13-10-29-8-11-31-12-9-29/h2-7,14H,8-13,15H2,1H3,(H,27,30).